The highest BCUT2D eigenvalue weighted by Gasteiger charge is 1.88. The van der Waals surface area contributed by atoms with E-state index in [0.29, 0.717) is 0 Å². The van der Waals surface area contributed by atoms with Crippen LogP contribution in [-0.2, 0) is 19.7 Å². The number of rotatable bonds is 3. The van der Waals surface area contributed by atoms with E-state index in [0.717, 1.165) is 6.92 Å². The van der Waals surface area contributed by atoms with E-state index in [2.05, 4.69) is 14.9 Å². The van der Waals surface area contributed by atoms with Crippen molar-refractivity contribution in [1.29, 1.82) is 0 Å². The molecular weight excluding hydrogens is 118 g/mol. The van der Waals surface area contributed by atoms with Gasteiger partial charge in [-0.25, -0.2) is 5.26 Å². The lowest BCUT2D eigenvalue weighted by atomic mass is 10.8. The molecular formula is C2H5NO5. The van der Waals surface area contributed by atoms with Crippen LogP contribution in [0.15, 0.2) is 0 Å². The van der Waals surface area contributed by atoms with Gasteiger partial charge in [-0.2, -0.15) is 0 Å². The summed E-state index contributed by atoms with van der Waals surface area (Å²) in [7, 11) is 0. The molecule has 0 aromatic carbocycles. The highest BCUT2D eigenvalue weighted by atomic mass is 17.5. The molecule has 6 nitrogen and oxygen atoms in total. The first-order valence-corrected chi connectivity index (χ1v) is 1.67. The molecule has 0 aliphatic heterocycles. The van der Waals surface area contributed by atoms with Crippen molar-refractivity contribution in [1.82, 2.24) is 5.64 Å². The van der Waals surface area contributed by atoms with E-state index >= 15 is 0 Å². The average Bonchev–Trinajstić information content (AvgIpc) is 1.66. The first kappa shape index (κ1) is 7.31. The van der Waals surface area contributed by atoms with Gasteiger partial charge < -0.3 is 4.84 Å². The zero-order valence-electron chi connectivity index (χ0n) is 4.08. The van der Waals surface area contributed by atoms with Gasteiger partial charge in [0, 0.05) is 12.6 Å². The first-order chi connectivity index (χ1) is 3.77. The lowest BCUT2D eigenvalue weighted by Crippen LogP contribution is -2.17. The molecule has 0 atom stereocenters. The fraction of sp³-hybridized carbons (Fsp3) is 0.500. The van der Waals surface area contributed by atoms with E-state index in [1.54, 1.807) is 0 Å². The largest absolute Gasteiger partial charge is 0.343 e. The van der Waals surface area contributed by atoms with Crippen molar-refractivity contribution in [2.24, 2.45) is 0 Å². The topological polar surface area (TPSA) is 77.0 Å². The van der Waals surface area contributed by atoms with Crippen molar-refractivity contribution < 1.29 is 24.9 Å². The summed E-state index contributed by atoms with van der Waals surface area (Å²) in [5, 5.41) is 10.4. The van der Waals surface area contributed by atoms with E-state index in [1.807, 2.05) is 0 Å². The molecule has 48 valence electrons. The van der Waals surface area contributed by atoms with Crippen molar-refractivity contribution in [3.8, 4) is 0 Å². The molecule has 0 aromatic rings. The zero-order valence-corrected chi connectivity index (χ0v) is 4.08. The van der Waals surface area contributed by atoms with Gasteiger partial charge in [0.05, 0.1) is 0 Å². The summed E-state index contributed by atoms with van der Waals surface area (Å²) in [6.07, 6.45) is 0. The van der Waals surface area contributed by atoms with Gasteiger partial charge in [-0.3, -0.25) is 4.79 Å². The van der Waals surface area contributed by atoms with Crippen LogP contribution in [0.1, 0.15) is 6.92 Å². The summed E-state index contributed by atoms with van der Waals surface area (Å²) < 4.78 is 0. The summed E-state index contributed by atoms with van der Waals surface area (Å²) in [5.74, 6) is -0.609. The highest BCUT2D eigenvalue weighted by Crippen LogP contribution is 1.68. The molecule has 0 bridgehead atoms. The Morgan fingerprint density at radius 1 is 1.75 bits per heavy atom. The fourth-order valence-electron chi connectivity index (χ4n) is 0.0909. The number of hydrogen-bond acceptors (Lipinski definition) is 6. The van der Waals surface area contributed by atoms with Crippen LogP contribution in [0.4, 0.5) is 0 Å². The quantitative estimate of drug-likeness (QED) is 0.296. The SMILES string of the molecule is CC(=O)ONOOO. The van der Waals surface area contributed by atoms with Gasteiger partial charge in [0.15, 0.2) is 0 Å². The monoisotopic (exact) mass is 123 g/mol. The molecule has 0 heterocycles. The summed E-state index contributed by atoms with van der Waals surface area (Å²) in [4.78, 5) is 17.2. The van der Waals surface area contributed by atoms with Crippen LogP contribution < -0.4 is 5.64 Å². The van der Waals surface area contributed by atoms with Crippen LogP contribution in [0.3, 0.4) is 0 Å². The predicted octanol–water partition coefficient (Wildman–Crippen LogP) is -0.610. The maximum atomic E-state index is 9.82. The highest BCUT2D eigenvalue weighted by molar-refractivity contribution is 5.65. The van der Waals surface area contributed by atoms with E-state index in [-0.39, 0.29) is 0 Å². The summed E-state index contributed by atoms with van der Waals surface area (Å²) in [6.45, 7) is 1.15. The first-order valence-electron chi connectivity index (χ1n) is 1.67. The molecule has 2 N–H and O–H groups in total. The van der Waals surface area contributed by atoms with Crippen molar-refractivity contribution in [2.45, 2.75) is 6.92 Å². The third kappa shape index (κ3) is 5.31. The second-order valence-corrected chi connectivity index (χ2v) is 0.835. The standard InChI is InChI=1S/C2H5NO5/c1-2(4)6-3-7-8-5/h3,5H,1H3. The van der Waals surface area contributed by atoms with Gasteiger partial charge in [0.25, 0.3) is 0 Å². The Balaban J connectivity index is 2.82. The molecule has 0 aliphatic rings. The van der Waals surface area contributed by atoms with Crippen molar-refractivity contribution in [2.75, 3.05) is 0 Å². The number of hydrogen-bond donors (Lipinski definition) is 2. The third-order valence-corrected chi connectivity index (χ3v) is 0.257. The van der Waals surface area contributed by atoms with Crippen LogP contribution in [0.2, 0.25) is 0 Å². The van der Waals surface area contributed by atoms with Crippen LogP contribution in [0.5, 0.6) is 0 Å². The number of carbonyl (C=O) groups excluding carboxylic acids is 1. The van der Waals surface area contributed by atoms with E-state index < -0.39 is 5.97 Å². The summed E-state index contributed by atoms with van der Waals surface area (Å²) >= 11 is 0. The molecule has 0 aliphatic carbocycles. The predicted molar refractivity (Wildman–Crippen MR) is 19.7 cm³/mol. The molecule has 8 heavy (non-hydrogen) atoms. The Labute approximate surface area is 44.7 Å². The van der Waals surface area contributed by atoms with Gasteiger partial charge in [0.1, 0.15) is 0 Å². The van der Waals surface area contributed by atoms with Gasteiger partial charge in [-0.1, -0.05) is 4.99 Å². The zero-order chi connectivity index (χ0) is 6.41. The summed E-state index contributed by atoms with van der Waals surface area (Å²) in [5.41, 5.74) is 1.51. The van der Waals surface area contributed by atoms with Crippen LogP contribution in [0.25, 0.3) is 0 Å². The minimum absolute atomic E-state index is 0.609. The van der Waals surface area contributed by atoms with Crippen LogP contribution in [0, 0.1) is 0 Å². The van der Waals surface area contributed by atoms with Gasteiger partial charge in [0.2, 0.25) is 0 Å². The maximum Gasteiger partial charge on any atom is 0.324 e. The molecule has 0 radical (unpaired) electrons. The molecule has 0 spiro atoms. The molecule has 0 rings (SSSR count). The van der Waals surface area contributed by atoms with Crippen LogP contribution >= 0.6 is 0 Å². The lowest BCUT2D eigenvalue weighted by molar-refractivity contribution is -0.539. The van der Waals surface area contributed by atoms with Gasteiger partial charge in [-0.15, -0.1) is 0 Å². The Morgan fingerprint density at radius 3 is 2.75 bits per heavy atom. The normalized spacial score (nSPS) is 8.75. The molecule has 0 saturated carbocycles. The van der Waals surface area contributed by atoms with E-state index in [4.69, 9.17) is 5.26 Å². The van der Waals surface area contributed by atoms with Crippen molar-refractivity contribution in [3.63, 3.8) is 0 Å². The number of nitrogens with one attached hydrogen (secondary N) is 1. The Morgan fingerprint density at radius 2 is 2.38 bits per heavy atom. The van der Waals surface area contributed by atoms with Crippen LogP contribution in [-0.4, -0.2) is 11.2 Å². The molecule has 0 amide bonds. The maximum absolute atomic E-state index is 9.82. The Bertz CT molecular complexity index is 72.8. The van der Waals surface area contributed by atoms with E-state index in [1.165, 1.54) is 5.64 Å². The molecule has 6 heteroatoms. The molecule has 0 aromatic heterocycles. The summed E-state index contributed by atoms with van der Waals surface area (Å²) in [6, 6.07) is 0. The van der Waals surface area contributed by atoms with E-state index in [9.17, 15) is 4.79 Å². The molecule has 0 fully saturated rings. The molecule has 0 saturated heterocycles. The van der Waals surface area contributed by atoms with Crippen molar-refractivity contribution >= 4 is 5.97 Å². The second-order valence-electron chi connectivity index (χ2n) is 0.835. The third-order valence-electron chi connectivity index (χ3n) is 0.257. The molecule has 0 unspecified atom stereocenters. The van der Waals surface area contributed by atoms with Gasteiger partial charge in [-0.05, 0) is 5.04 Å². The number of carbonyl (C=O) groups is 1. The second kappa shape index (κ2) is 4.47. The Hall–Kier alpha value is -0.690. The Kier molecular flexibility index (Phi) is 4.08. The lowest BCUT2D eigenvalue weighted by Gasteiger charge is -1.95. The average molecular weight is 123 g/mol. The van der Waals surface area contributed by atoms with Gasteiger partial charge >= 0.3 is 5.97 Å². The fourth-order valence-corrected chi connectivity index (χ4v) is 0.0909. The minimum atomic E-state index is -0.609. The minimum Gasteiger partial charge on any atom is -0.343 e. The van der Waals surface area contributed by atoms with Crippen molar-refractivity contribution in [3.05, 3.63) is 0 Å². The smallest absolute Gasteiger partial charge is 0.324 e.